The molecule has 1 unspecified atom stereocenters. The molecule has 1 aromatic rings. The number of nitrogens with two attached hydrogens (primary N) is 1. The fourth-order valence-corrected chi connectivity index (χ4v) is 2.73. The molecule has 0 aromatic heterocycles. The zero-order valence-corrected chi connectivity index (χ0v) is 11.9. The van der Waals surface area contributed by atoms with Crippen molar-refractivity contribution in [2.24, 2.45) is 0 Å². The Balaban J connectivity index is 2.85. The van der Waals surface area contributed by atoms with Gasteiger partial charge in [0, 0.05) is 6.54 Å². The molecule has 5 N–H and O–H groups in total. The van der Waals surface area contributed by atoms with Gasteiger partial charge in [-0.1, -0.05) is 6.92 Å². The van der Waals surface area contributed by atoms with E-state index in [2.05, 4.69) is 4.72 Å². The fourth-order valence-electron chi connectivity index (χ4n) is 1.57. The van der Waals surface area contributed by atoms with E-state index >= 15 is 0 Å². The predicted octanol–water partition coefficient (Wildman–Crippen LogP) is 0.406. The minimum atomic E-state index is -3.82. The number of hydrogen-bond acceptors (Lipinski definition) is 5. The molecule has 0 saturated carbocycles. The maximum Gasteiger partial charge on any atom is 0.335 e. The third kappa shape index (κ3) is 4.19. The molecule has 112 valence electrons. The number of carboxylic acid groups (broad SMARTS) is 1. The Morgan fingerprint density at radius 3 is 2.60 bits per heavy atom. The van der Waals surface area contributed by atoms with E-state index in [-0.39, 0.29) is 22.7 Å². The summed E-state index contributed by atoms with van der Waals surface area (Å²) in [5.74, 6) is -1.18. The molecule has 0 bridgehead atoms. The number of anilines is 1. The van der Waals surface area contributed by atoms with Gasteiger partial charge in [-0.3, -0.25) is 0 Å². The van der Waals surface area contributed by atoms with Gasteiger partial charge in [0.1, 0.15) is 4.90 Å². The molecule has 0 amide bonds. The largest absolute Gasteiger partial charge is 0.478 e. The van der Waals surface area contributed by atoms with Gasteiger partial charge < -0.3 is 15.9 Å². The van der Waals surface area contributed by atoms with Crippen LogP contribution in [0.5, 0.6) is 0 Å². The maximum absolute atomic E-state index is 12.0. The molecular weight excluding hydrogens is 284 g/mol. The van der Waals surface area contributed by atoms with Crippen LogP contribution < -0.4 is 10.5 Å². The molecule has 0 heterocycles. The molecule has 1 atom stereocenters. The van der Waals surface area contributed by atoms with Gasteiger partial charge in [0.15, 0.2) is 0 Å². The molecule has 8 heteroatoms. The summed E-state index contributed by atoms with van der Waals surface area (Å²) in [4.78, 5) is 10.6. The van der Waals surface area contributed by atoms with Crippen LogP contribution in [0.1, 0.15) is 30.1 Å². The second-order valence-electron chi connectivity index (χ2n) is 4.31. The molecule has 1 aromatic carbocycles. The quantitative estimate of drug-likeness (QED) is 0.540. The first-order valence-electron chi connectivity index (χ1n) is 6.08. The van der Waals surface area contributed by atoms with Crippen molar-refractivity contribution >= 4 is 21.7 Å². The Hall–Kier alpha value is -1.64. The molecule has 20 heavy (non-hydrogen) atoms. The molecule has 0 aliphatic carbocycles. The van der Waals surface area contributed by atoms with Gasteiger partial charge >= 0.3 is 5.97 Å². The first kappa shape index (κ1) is 16.4. The highest BCUT2D eigenvalue weighted by molar-refractivity contribution is 7.89. The average Bonchev–Trinajstić information content (AvgIpc) is 2.37. The highest BCUT2D eigenvalue weighted by Crippen LogP contribution is 2.19. The number of aliphatic hydroxyl groups is 1. The number of rotatable bonds is 7. The van der Waals surface area contributed by atoms with Crippen molar-refractivity contribution in [3.05, 3.63) is 23.8 Å². The average molecular weight is 302 g/mol. The van der Waals surface area contributed by atoms with Crippen LogP contribution in [0, 0.1) is 0 Å². The van der Waals surface area contributed by atoms with Crippen molar-refractivity contribution in [2.75, 3.05) is 12.3 Å². The fraction of sp³-hybridized carbons (Fsp3) is 0.417. The third-order valence-electron chi connectivity index (χ3n) is 2.79. The number of carbonyl (C=O) groups is 1. The highest BCUT2D eigenvalue weighted by atomic mass is 32.2. The van der Waals surface area contributed by atoms with Crippen molar-refractivity contribution in [3.63, 3.8) is 0 Å². The number of benzene rings is 1. The van der Waals surface area contributed by atoms with Gasteiger partial charge in [0.2, 0.25) is 10.0 Å². The summed E-state index contributed by atoms with van der Waals surface area (Å²) in [5.41, 5.74) is 5.36. The van der Waals surface area contributed by atoms with Crippen LogP contribution in [0.25, 0.3) is 0 Å². The lowest BCUT2D eigenvalue weighted by atomic mass is 10.2. The van der Waals surface area contributed by atoms with Gasteiger partial charge in [-0.25, -0.2) is 17.9 Å². The number of hydrogen-bond donors (Lipinski definition) is 4. The SMILES string of the molecule is CCC(O)CCNS(=O)(=O)c1ccc(C(=O)O)cc1N. The van der Waals surface area contributed by atoms with E-state index in [4.69, 9.17) is 10.8 Å². The summed E-state index contributed by atoms with van der Waals surface area (Å²) in [6, 6.07) is 3.42. The Kier molecular flexibility index (Phi) is 5.49. The molecule has 0 aliphatic rings. The second-order valence-corrected chi connectivity index (χ2v) is 6.04. The van der Waals surface area contributed by atoms with Crippen LogP contribution in [0.2, 0.25) is 0 Å². The number of carboxylic acids is 1. The van der Waals surface area contributed by atoms with Crippen molar-refractivity contribution in [1.82, 2.24) is 4.72 Å². The van der Waals surface area contributed by atoms with Crippen LogP contribution >= 0.6 is 0 Å². The first-order valence-corrected chi connectivity index (χ1v) is 7.56. The molecule has 0 radical (unpaired) electrons. The van der Waals surface area contributed by atoms with Crippen molar-refractivity contribution < 1.29 is 23.4 Å². The molecule has 0 saturated heterocycles. The molecule has 0 aliphatic heterocycles. The summed E-state index contributed by atoms with van der Waals surface area (Å²) >= 11 is 0. The zero-order valence-electron chi connectivity index (χ0n) is 11.0. The Morgan fingerprint density at radius 2 is 2.10 bits per heavy atom. The van der Waals surface area contributed by atoms with Crippen LogP contribution in [-0.4, -0.2) is 37.2 Å². The lowest BCUT2D eigenvalue weighted by Crippen LogP contribution is -2.28. The van der Waals surface area contributed by atoms with Crippen molar-refractivity contribution in [1.29, 1.82) is 0 Å². The van der Waals surface area contributed by atoms with Crippen LogP contribution in [0.4, 0.5) is 5.69 Å². The van der Waals surface area contributed by atoms with Gasteiger partial charge in [-0.15, -0.1) is 0 Å². The Labute approximate surface area is 117 Å². The van der Waals surface area contributed by atoms with Gasteiger partial charge in [0.05, 0.1) is 17.4 Å². The van der Waals surface area contributed by atoms with Crippen LogP contribution in [0.3, 0.4) is 0 Å². The van der Waals surface area contributed by atoms with E-state index in [1.54, 1.807) is 6.92 Å². The van der Waals surface area contributed by atoms with E-state index in [1.807, 2.05) is 0 Å². The number of aliphatic hydroxyl groups excluding tert-OH is 1. The number of aromatic carboxylic acids is 1. The van der Waals surface area contributed by atoms with Crippen LogP contribution in [-0.2, 0) is 10.0 Å². The number of sulfonamides is 1. The Morgan fingerprint density at radius 1 is 1.45 bits per heavy atom. The monoisotopic (exact) mass is 302 g/mol. The third-order valence-corrected chi connectivity index (χ3v) is 4.32. The highest BCUT2D eigenvalue weighted by Gasteiger charge is 2.18. The van der Waals surface area contributed by atoms with E-state index in [0.29, 0.717) is 12.8 Å². The normalized spacial score (nSPS) is 13.1. The van der Waals surface area contributed by atoms with E-state index in [1.165, 1.54) is 6.07 Å². The predicted molar refractivity (Wildman–Crippen MR) is 73.9 cm³/mol. The van der Waals surface area contributed by atoms with Gasteiger partial charge in [-0.2, -0.15) is 0 Å². The second kappa shape index (κ2) is 6.69. The summed E-state index contributed by atoms with van der Waals surface area (Å²) in [7, 11) is -3.82. The lowest BCUT2D eigenvalue weighted by molar-refractivity contribution is 0.0696. The van der Waals surface area contributed by atoms with Crippen LogP contribution in [0.15, 0.2) is 23.1 Å². The summed E-state index contributed by atoms with van der Waals surface area (Å²) < 4.78 is 26.3. The number of nitrogen functional groups attached to an aromatic ring is 1. The lowest BCUT2D eigenvalue weighted by Gasteiger charge is -2.11. The van der Waals surface area contributed by atoms with Gasteiger partial charge in [0.25, 0.3) is 0 Å². The molecule has 1 rings (SSSR count). The molecular formula is C12H18N2O5S. The summed E-state index contributed by atoms with van der Waals surface area (Å²) in [5, 5.41) is 18.1. The molecule has 0 spiro atoms. The standard InChI is InChI=1S/C12H18N2O5S/c1-2-9(15)5-6-14-20(18,19)11-4-3-8(12(16)17)7-10(11)13/h3-4,7,9,14-15H,2,5-6,13H2,1H3,(H,16,17). The first-order chi connectivity index (χ1) is 9.27. The van der Waals surface area contributed by atoms with E-state index < -0.39 is 22.1 Å². The number of nitrogens with one attached hydrogen (secondary N) is 1. The summed E-state index contributed by atoms with van der Waals surface area (Å²) in [6.07, 6.45) is 0.268. The Bertz CT molecular complexity index is 586. The van der Waals surface area contributed by atoms with Gasteiger partial charge in [-0.05, 0) is 31.0 Å². The van der Waals surface area contributed by atoms with Crippen molar-refractivity contribution in [3.8, 4) is 0 Å². The summed E-state index contributed by atoms with van der Waals surface area (Å²) in [6.45, 7) is 1.87. The minimum Gasteiger partial charge on any atom is -0.478 e. The molecule has 0 fully saturated rings. The zero-order chi connectivity index (χ0) is 15.3. The molecule has 7 nitrogen and oxygen atoms in total. The maximum atomic E-state index is 12.0. The van der Waals surface area contributed by atoms with Crippen molar-refractivity contribution in [2.45, 2.75) is 30.8 Å². The topological polar surface area (TPSA) is 130 Å². The van der Waals surface area contributed by atoms with E-state index in [9.17, 15) is 18.3 Å². The van der Waals surface area contributed by atoms with E-state index in [0.717, 1.165) is 12.1 Å². The smallest absolute Gasteiger partial charge is 0.335 e. The minimum absolute atomic E-state index is 0.0807.